The van der Waals surface area contributed by atoms with E-state index in [9.17, 15) is 4.79 Å². The van der Waals surface area contributed by atoms with E-state index in [4.69, 9.17) is 4.74 Å². The van der Waals surface area contributed by atoms with Crippen LogP contribution in [0.1, 0.15) is 44.0 Å². The molecule has 1 rings (SSSR count). The highest BCUT2D eigenvalue weighted by Gasteiger charge is 2.09. The average Bonchev–Trinajstić information content (AvgIpc) is 2.45. The van der Waals surface area contributed by atoms with Gasteiger partial charge in [0.15, 0.2) is 5.78 Å². The molecule has 3 nitrogen and oxygen atoms in total. The normalized spacial score (nSPS) is 10.7. The summed E-state index contributed by atoms with van der Waals surface area (Å²) in [4.78, 5) is 14.2. The Balaban J connectivity index is 2.52. The lowest BCUT2D eigenvalue weighted by Crippen LogP contribution is -2.29. The van der Waals surface area contributed by atoms with Crippen LogP contribution in [0, 0.1) is 0 Å². The molecule has 0 N–H and O–H groups in total. The summed E-state index contributed by atoms with van der Waals surface area (Å²) in [5.74, 6) is 1.01. The third kappa shape index (κ3) is 5.43. The van der Waals surface area contributed by atoms with Crippen LogP contribution >= 0.6 is 0 Å². The third-order valence-electron chi connectivity index (χ3n) is 3.20. The highest BCUT2D eigenvalue weighted by Crippen LogP contribution is 2.13. The fourth-order valence-electron chi connectivity index (χ4n) is 1.81. The molecule has 3 heteroatoms. The van der Waals surface area contributed by atoms with Gasteiger partial charge in [-0.1, -0.05) is 27.2 Å². The van der Waals surface area contributed by atoms with Gasteiger partial charge < -0.3 is 4.74 Å². The van der Waals surface area contributed by atoms with Crippen molar-refractivity contribution in [2.24, 2.45) is 0 Å². The van der Waals surface area contributed by atoms with Gasteiger partial charge in [-0.3, -0.25) is 9.69 Å². The Morgan fingerprint density at radius 3 is 2.26 bits per heavy atom. The minimum atomic E-state index is 0.170. The van der Waals surface area contributed by atoms with Gasteiger partial charge in [0.25, 0.3) is 0 Å². The Bertz CT molecular complexity index is 369. The van der Waals surface area contributed by atoms with Gasteiger partial charge in [0.1, 0.15) is 5.75 Å². The second-order valence-corrected chi connectivity index (χ2v) is 4.61. The Morgan fingerprint density at radius 1 is 1.11 bits per heavy atom. The van der Waals surface area contributed by atoms with Gasteiger partial charge in [-0.25, -0.2) is 0 Å². The number of rotatable bonds is 9. The smallest absolute Gasteiger partial charge is 0.176 e. The minimum Gasteiger partial charge on any atom is -0.494 e. The molecule has 0 aliphatic rings. The lowest BCUT2D eigenvalue weighted by Gasteiger charge is -2.16. The summed E-state index contributed by atoms with van der Waals surface area (Å²) < 4.78 is 5.58. The number of Topliss-reactive ketones (excluding diaryl/α,β-unsaturated/α-hetero) is 1. The lowest BCUT2D eigenvalue weighted by molar-refractivity contribution is 0.0937. The molecular formula is C16H25NO2. The van der Waals surface area contributed by atoms with Crippen LogP contribution in [-0.2, 0) is 0 Å². The van der Waals surface area contributed by atoms with Crippen molar-refractivity contribution in [3.8, 4) is 5.75 Å². The zero-order chi connectivity index (χ0) is 14.1. The fourth-order valence-corrected chi connectivity index (χ4v) is 1.81. The highest BCUT2D eigenvalue weighted by molar-refractivity contribution is 5.97. The van der Waals surface area contributed by atoms with Crippen molar-refractivity contribution in [1.82, 2.24) is 4.90 Å². The summed E-state index contributed by atoms with van der Waals surface area (Å²) in [5.41, 5.74) is 0.759. The molecule has 0 unspecified atom stereocenters. The SMILES string of the molecule is CCCCOc1ccc(C(=O)CN(CC)CC)cc1. The number of nitrogens with zero attached hydrogens (tertiary/aromatic N) is 1. The van der Waals surface area contributed by atoms with E-state index < -0.39 is 0 Å². The quantitative estimate of drug-likeness (QED) is 0.505. The molecule has 1 aromatic rings. The molecule has 0 amide bonds. The van der Waals surface area contributed by atoms with Crippen LogP contribution in [0.2, 0.25) is 0 Å². The summed E-state index contributed by atoms with van der Waals surface area (Å²) in [6, 6.07) is 7.47. The molecule has 0 bridgehead atoms. The molecule has 0 fully saturated rings. The maximum Gasteiger partial charge on any atom is 0.176 e. The number of unbranched alkanes of at least 4 members (excludes halogenated alkanes) is 1. The van der Waals surface area contributed by atoms with Crippen LogP contribution in [0.25, 0.3) is 0 Å². The van der Waals surface area contributed by atoms with E-state index in [2.05, 4.69) is 25.7 Å². The number of carbonyl (C=O) groups excluding carboxylic acids is 1. The topological polar surface area (TPSA) is 29.5 Å². The molecule has 0 aliphatic carbocycles. The molecule has 0 radical (unpaired) electrons. The molecular weight excluding hydrogens is 238 g/mol. The number of ketones is 1. The van der Waals surface area contributed by atoms with Crippen LogP contribution in [-0.4, -0.2) is 36.9 Å². The Morgan fingerprint density at radius 2 is 1.74 bits per heavy atom. The Kier molecular flexibility index (Phi) is 7.19. The third-order valence-corrected chi connectivity index (χ3v) is 3.20. The molecule has 0 saturated carbocycles. The molecule has 0 heterocycles. The molecule has 1 aromatic carbocycles. The summed E-state index contributed by atoms with van der Waals surface area (Å²) >= 11 is 0. The first kappa shape index (κ1) is 15.7. The van der Waals surface area contributed by atoms with Crippen molar-refractivity contribution in [2.75, 3.05) is 26.2 Å². The molecule has 0 saturated heterocycles. The summed E-state index contributed by atoms with van der Waals surface area (Å²) in [7, 11) is 0. The average molecular weight is 263 g/mol. The van der Waals surface area contributed by atoms with Gasteiger partial charge in [-0.2, -0.15) is 0 Å². The van der Waals surface area contributed by atoms with Crippen LogP contribution in [0.5, 0.6) is 5.75 Å². The van der Waals surface area contributed by atoms with Crippen LogP contribution in [0.4, 0.5) is 0 Å². The highest BCUT2D eigenvalue weighted by atomic mass is 16.5. The lowest BCUT2D eigenvalue weighted by atomic mass is 10.1. The molecule has 19 heavy (non-hydrogen) atoms. The predicted octanol–water partition coefficient (Wildman–Crippen LogP) is 3.39. The van der Waals surface area contributed by atoms with Gasteiger partial charge in [0.05, 0.1) is 13.2 Å². The fraction of sp³-hybridized carbons (Fsp3) is 0.562. The number of carbonyl (C=O) groups is 1. The second kappa shape index (κ2) is 8.70. The van der Waals surface area contributed by atoms with Crippen molar-refractivity contribution < 1.29 is 9.53 Å². The van der Waals surface area contributed by atoms with E-state index in [0.29, 0.717) is 6.54 Å². The van der Waals surface area contributed by atoms with E-state index in [1.54, 1.807) is 0 Å². The van der Waals surface area contributed by atoms with E-state index in [1.807, 2.05) is 24.3 Å². The summed E-state index contributed by atoms with van der Waals surface area (Å²) in [5, 5.41) is 0. The number of ether oxygens (including phenoxy) is 1. The zero-order valence-corrected chi connectivity index (χ0v) is 12.3. The van der Waals surface area contributed by atoms with E-state index in [1.165, 1.54) is 0 Å². The number of benzene rings is 1. The van der Waals surface area contributed by atoms with Crippen molar-refractivity contribution >= 4 is 5.78 Å². The minimum absolute atomic E-state index is 0.170. The van der Waals surface area contributed by atoms with Crippen LogP contribution < -0.4 is 4.74 Å². The van der Waals surface area contributed by atoms with Crippen LogP contribution in [0.15, 0.2) is 24.3 Å². The van der Waals surface area contributed by atoms with Gasteiger partial charge in [-0.15, -0.1) is 0 Å². The van der Waals surface area contributed by atoms with Crippen molar-refractivity contribution in [3.63, 3.8) is 0 Å². The van der Waals surface area contributed by atoms with E-state index in [0.717, 1.165) is 43.9 Å². The second-order valence-electron chi connectivity index (χ2n) is 4.61. The number of likely N-dealkylation sites (N-methyl/N-ethyl adjacent to an activating group) is 1. The maximum atomic E-state index is 12.1. The standard InChI is InChI=1S/C16H25NO2/c1-4-7-12-19-15-10-8-14(9-11-15)16(18)13-17(5-2)6-3/h8-11H,4-7,12-13H2,1-3H3. The number of hydrogen-bond acceptors (Lipinski definition) is 3. The van der Waals surface area contributed by atoms with Gasteiger partial charge >= 0.3 is 0 Å². The Hall–Kier alpha value is -1.35. The Labute approximate surface area is 116 Å². The zero-order valence-electron chi connectivity index (χ0n) is 12.3. The summed E-state index contributed by atoms with van der Waals surface area (Å²) in [6.07, 6.45) is 2.18. The summed E-state index contributed by atoms with van der Waals surface area (Å²) in [6.45, 7) is 9.31. The monoisotopic (exact) mass is 263 g/mol. The molecule has 0 aliphatic heterocycles. The molecule has 106 valence electrons. The molecule has 0 aromatic heterocycles. The van der Waals surface area contributed by atoms with Crippen molar-refractivity contribution in [2.45, 2.75) is 33.6 Å². The largest absolute Gasteiger partial charge is 0.494 e. The van der Waals surface area contributed by atoms with Gasteiger partial charge in [0.2, 0.25) is 0 Å². The van der Waals surface area contributed by atoms with Crippen molar-refractivity contribution in [1.29, 1.82) is 0 Å². The maximum absolute atomic E-state index is 12.1. The molecule has 0 atom stereocenters. The van der Waals surface area contributed by atoms with Gasteiger partial charge in [0, 0.05) is 5.56 Å². The van der Waals surface area contributed by atoms with Crippen molar-refractivity contribution in [3.05, 3.63) is 29.8 Å². The molecule has 0 spiro atoms. The first-order valence-corrected chi connectivity index (χ1v) is 7.19. The van der Waals surface area contributed by atoms with E-state index in [-0.39, 0.29) is 5.78 Å². The van der Waals surface area contributed by atoms with E-state index >= 15 is 0 Å². The van der Waals surface area contributed by atoms with Crippen LogP contribution in [0.3, 0.4) is 0 Å². The van der Waals surface area contributed by atoms with Gasteiger partial charge in [-0.05, 0) is 43.8 Å². The first-order valence-electron chi connectivity index (χ1n) is 7.19. The number of hydrogen-bond donors (Lipinski definition) is 0. The predicted molar refractivity (Wildman–Crippen MR) is 79.0 cm³/mol. The first-order chi connectivity index (χ1) is 9.21.